The van der Waals surface area contributed by atoms with Crippen LogP contribution in [0.2, 0.25) is 5.02 Å². The summed E-state index contributed by atoms with van der Waals surface area (Å²) in [6.07, 6.45) is 4.13. The maximum Gasteiger partial charge on any atom is 0.409 e. The van der Waals surface area contributed by atoms with E-state index in [4.69, 9.17) is 44.8 Å². The van der Waals surface area contributed by atoms with Crippen LogP contribution in [0.25, 0.3) is 6.08 Å². The van der Waals surface area contributed by atoms with Gasteiger partial charge in [-0.25, -0.2) is 19.4 Å². The van der Waals surface area contributed by atoms with E-state index in [0.29, 0.717) is 55.1 Å². The van der Waals surface area contributed by atoms with E-state index in [0.717, 1.165) is 17.7 Å². The van der Waals surface area contributed by atoms with Gasteiger partial charge in [-0.15, -0.1) is 0 Å². The number of allylic oxidation sites excluding steroid dienone is 3. The van der Waals surface area contributed by atoms with E-state index in [1.54, 1.807) is 76.4 Å². The lowest BCUT2D eigenvalue weighted by Gasteiger charge is -2.42. The lowest BCUT2D eigenvalue weighted by Crippen LogP contribution is -2.63. The van der Waals surface area contributed by atoms with Gasteiger partial charge in [0, 0.05) is 65.2 Å². The summed E-state index contributed by atoms with van der Waals surface area (Å²) in [6, 6.07) is 16.0. The Labute approximate surface area is 555 Å². The molecule has 0 spiro atoms. The van der Waals surface area contributed by atoms with Gasteiger partial charge in [0.2, 0.25) is 29.5 Å². The maximum atomic E-state index is 14.3. The number of nitrogens with zero attached hydrogens (tertiary/aromatic N) is 2. The van der Waals surface area contributed by atoms with Crippen LogP contribution in [0.1, 0.15) is 108 Å². The number of amides is 7. The van der Waals surface area contributed by atoms with Crippen LogP contribution in [0, 0.1) is 17.8 Å². The van der Waals surface area contributed by atoms with Gasteiger partial charge in [0.15, 0.2) is 5.72 Å². The van der Waals surface area contributed by atoms with E-state index in [-0.39, 0.29) is 74.9 Å². The van der Waals surface area contributed by atoms with Crippen molar-refractivity contribution in [3.05, 3.63) is 117 Å². The number of halogens is 1. The Morgan fingerprint density at radius 1 is 0.904 bits per heavy atom. The molecular weight excluding hydrogens is 1230 g/mol. The zero-order chi connectivity index (χ0) is 68.6. The number of hydrazine groups is 1. The Kier molecular flexibility index (Phi) is 29.3. The Morgan fingerprint density at radius 2 is 1.63 bits per heavy atom. The van der Waals surface area contributed by atoms with Gasteiger partial charge in [0.1, 0.15) is 47.8 Å². The monoisotopic (exact) mass is 1330 g/mol. The Balaban J connectivity index is 0.905. The SMILES string of the molecule is CNN(C)CC1=Cc2ccccc2C1CCC(=O)NCCOCCOCCC(=O)NC(C(=O)NCC(=O)Nc1ccc(COC(=O)N[C@@H](C)C(=O)O[C@H]2CC(=O)N(C)c3cc(cc(OC)c3Cl)C/C(C)=C/C=C/[C@@H](OC)[C@@]3(O)C[C@H](OC(=O)N3)[C@@H](C)C[C@@H]2C)cc1)C(C)C. The molecular formula is C68H94ClN9O16. The molecule has 94 heavy (non-hydrogen) atoms. The molecule has 9 atom stereocenters. The van der Waals surface area contributed by atoms with Crippen molar-refractivity contribution in [2.45, 2.75) is 135 Å². The van der Waals surface area contributed by atoms with Crippen LogP contribution in [-0.4, -0.2) is 175 Å². The summed E-state index contributed by atoms with van der Waals surface area (Å²) in [5, 5.41) is 29.9. The second kappa shape index (κ2) is 36.7. The number of hydrogen-bond acceptors (Lipinski definition) is 18. The standard InChI is InChI=1S/C68H94ClN9O16/c1-41(2)63(75-59(80)25-27-90-29-30-91-28-26-71-58(79)24-23-52-49(39-77(8)70-7)35-48-16-12-13-17-51(48)52)64(83)72-38-60(81)74-50-21-19-46(20-22-50)40-92-66(85)73-45(6)65(84)93-54-36-61(82)78(9)53-33-47(34-55(88-10)62(53)69)31-42(3)15-14-18-57(89-11)68(87)37-56(94-67(86)76-68)44(5)32-43(54)4/h12-22,33-35,41,43-45,52,54,56-57,63,70,87H,23-32,36-40H2,1-11H3,(H,71,79)(H,72,83)(H,73,85)(H,74,81)(H,75,80)(H,76,86)/b18-14+,42-15+/t43-,44-,45-,52?,54-,56-,57+,63?,68-/m0/s1. The number of esters is 1. The van der Waals surface area contributed by atoms with Gasteiger partial charge < -0.3 is 69.7 Å². The van der Waals surface area contributed by atoms with Crippen LogP contribution >= 0.6 is 11.6 Å². The lowest BCUT2D eigenvalue weighted by molar-refractivity contribution is -0.156. The molecule has 6 rings (SSSR count). The molecule has 1 aliphatic carbocycles. The highest BCUT2D eigenvalue weighted by Crippen LogP contribution is 2.40. The van der Waals surface area contributed by atoms with Gasteiger partial charge in [-0.3, -0.25) is 34.7 Å². The minimum atomic E-state index is -1.85. The zero-order valence-corrected chi connectivity index (χ0v) is 56.5. The molecule has 3 aromatic carbocycles. The molecule has 25 nitrogen and oxygen atoms in total. The fraction of sp³-hybridized carbons (Fsp3) is 0.529. The molecule has 1 fully saturated rings. The van der Waals surface area contributed by atoms with Gasteiger partial charge in [0.05, 0.1) is 52.2 Å². The van der Waals surface area contributed by atoms with Crippen molar-refractivity contribution in [1.29, 1.82) is 0 Å². The predicted molar refractivity (Wildman–Crippen MR) is 354 cm³/mol. The number of ether oxygens (including phenoxy) is 7. The molecule has 4 bridgehead atoms. The van der Waals surface area contributed by atoms with Gasteiger partial charge >= 0.3 is 18.2 Å². The van der Waals surface area contributed by atoms with E-state index in [1.807, 2.05) is 51.2 Å². The first-order valence-corrected chi connectivity index (χ1v) is 32.1. The number of methoxy groups -OCH3 is 2. The van der Waals surface area contributed by atoms with Crippen molar-refractivity contribution >= 4 is 76.7 Å². The summed E-state index contributed by atoms with van der Waals surface area (Å²) < 4.78 is 39.6. The number of rotatable bonds is 28. The van der Waals surface area contributed by atoms with Gasteiger partial charge in [-0.2, -0.15) is 0 Å². The number of carbonyl (C=O) groups excluding carboxylic acids is 8. The summed E-state index contributed by atoms with van der Waals surface area (Å²) >= 11 is 6.81. The fourth-order valence-corrected chi connectivity index (χ4v) is 11.6. The lowest BCUT2D eigenvalue weighted by atomic mass is 9.83. The first-order chi connectivity index (χ1) is 44.8. The molecule has 1 saturated heterocycles. The van der Waals surface area contributed by atoms with E-state index in [1.165, 1.54) is 42.7 Å². The van der Waals surface area contributed by atoms with Crippen molar-refractivity contribution in [2.24, 2.45) is 17.8 Å². The third-order valence-corrected chi connectivity index (χ3v) is 17.1. The second-order valence-corrected chi connectivity index (χ2v) is 24.8. The number of likely N-dealkylation sites (N-methyl/N-ethyl adjacent to an activating group) is 1. The molecule has 2 unspecified atom stereocenters. The normalized spacial score (nSPS) is 22.2. The highest BCUT2D eigenvalue weighted by molar-refractivity contribution is 6.35. The number of hydrogen-bond donors (Lipinski definition) is 8. The Morgan fingerprint density at radius 3 is 2.33 bits per heavy atom. The topological polar surface area (TPSA) is 312 Å². The van der Waals surface area contributed by atoms with Crippen molar-refractivity contribution < 1.29 is 76.6 Å². The zero-order valence-electron chi connectivity index (χ0n) is 55.7. The maximum absolute atomic E-state index is 14.3. The first kappa shape index (κ1) is 75.1. The fourth-order valence-electron chi connectivity index (χ4n) is 11.3. The smallest absolute Gasteiger partial charge is 0.409 e. The highest BCUT2D eigenvalue weighted by atomic mass is 35.5. The number of anilines is 2. The molecule has 0 saturated carbocycles. The summed E-state index contributed by atoms with van der Waals surface area (Å²) in [5.74, 6) is -3.66. The van der Waals surface area contributed by atoms with E-state index < -0.39 is 96.3 Å². The van der Waals surface area contributed by atoms with E-state index >= 15 is 0 Å². The largest absolute Gasteiger partial charge is 0.495 e. The summed E-state index contributed by atoms with van der Waals surface area (Å²) in [7, 11) is 8.30. The van der Waals surface area contributed by atoms with Crippen LogP contribution in [0.3, 0.4) is 0 Å². The van der Waals surface area contributed by atoms with Crippen LogP contribution in [0.4, 0.5) is 21.0 Å². The van der Waals surface area contributed by atoms with E-state index in [2.05, 4.69) is 55.5 Å². The number of alkyl carbamates (subject to hydrolysis) is 2. The number of fused-ring (bicyclic) bond motifs is 5. The molecule has 2 aliphatic heterocycles. The van der Waals surface area contributed by atoms with Crippen LogP contribution in [0.5, 0.6) is 5.75 Å². The van der Waals surface area contributed by atoms with E-state index in [9.17, 15) is 43.5 Å². The molecule has 7 amide bonds. The summed E-state index contributed by atoms with van der Waals surface area (Å²) in [5.41, 5.74) is 7.92. The average molecular weight is 1330 g/mol. The summed E-state index contributed by atoms with van der Waals surface area (Å²) in [6.45, 7) is 11.8. The third-order valence-electron chi connectivity index (χ3n) is 16.7. The van der Waals surface area contributed by atoms with Gasteiger partial charge in [0.25, 0.3) is 0 Å². The average Bonchev–Trinajstić information content (AvgIpc) is 0.957. The first-order valence-electron chi connectivity index (χ1n) is 31.7. The Hall–Kier alpha value is -7.91. The van der Waals surface area contributed by atoms with Crippen LogP contribution in [-0.2, 0) is 70.2 Å². The van der Waals surface area contributed by atoms with Crippen molar-refractivity contribution in [1.82, 2.24) is 37.0 Å². The molecule has 8 N–H and O–H groups in total. The van der Waals surface area contributed by atoms with Crippen molar-refractivity contribution in [3.63, 3.8) is 0 Å². The summed E-state index contributed by atoms with van der Waals surface area (Å²) in [4.78, 5) is 107. The Bertz CT molecular complexity index is 3200. The minimum absolute atomic E-state index is 0.0152. The molecule has 0 aromatic heterocycles. The molecule has 514 valence electrons. The molecule has 26 heteroatoms. The molecule has 3 aliphatic rings. The number of carbonyl (C=O) groups is 8. The van der Waals surface area contributed by atoms with Gasteiger partial charge in [-0.1, -0.05) is 106 Å². The van der Waals surface area contributed by atoms with Crippen LogP contribution < -0.4 is 47.0 Å². The molecule has 2 heterocycles. The number of aliphatic hydroxyl groups is 1. The number of nitrogens with one attached hydrogen (secondary N) is 7. The number of benzene rings is 3. The minimum Gasteiger partial charge on any atom is -0.495 e. The van der Waals surface area contributed by atoms with Crippen molar-refractivity contribution in [3.8, 4) is 5.75 Å². The molecule has 3 aromatic rings. The highest BCUT2D eigenvalue weighted by Gasteiger charge is 2.47. The van der Waals surface area contributed by atoms with Crippen LogP contribution in [0.15, 0.2) is 90.0 Å². The second-order valence-electron chi connectivity index (χ2n) is 24.4. The predicted octanol–water partition coefficient (Wildman–Crippen LogP) is 6.61. The van der Waals surface area contributed by atoms with Crippen molar-refractivity contribution in [2.75, 3.05) is 91.6 Å². The third kappa shape index (κ3) is 22.7. The van der Waals surface area contributed by atoms with Gasteiger partial charge in [-0.05, 0) is 110 Å². The molecule has 0 radical (unpaired) electrons. The quantitative estimate of drug-likeness (QED) is 0.0164.